The standard InChI is InChI=1S/C61H120N2O19/c1-15-16-54(65)81-41-39-79-51-61(50-78-38-36-72-44-59(11,12)13,48-74-32-28-68-24-20-57(5,6)7)52-80-40-42-82-55(66)18-17-53(64)63-22-26-70-30-34-76-47-60(46-75-33-29-69-25-21-62-14,49-77-37-35-71-43-58(8,9)10)45-73-31-27-67-23-19-56(2,3)4/h62H,15-52H2,1-14H3,(H,63,64). The number of carbonyl (C=O) groups excluding carboxylic acids is 3. The second kappa shape index (κ2) is 48.9. The molecule has 0 heterocycles. The lowest BCUT2D eigenvalue weighted by Gasteiger charge is -2.33. The summed E-state index contributed by atoms with van der Waals surface area (Å²) in [5.74, 6) is -1.10. The summed E-state index contributed by atoms with van der Waals surface area (Å²) in [5.41, 5.74) is -0.970. The van der Waals surface area contributed by atoms with E-state index < -0.39 is 16.8 Å². The number of amides is 1. The maximum absolute atomic E-state index is 12.7. The van der Waals surface area contributed by atoms with E-state index in [2.05, 4.69) is 93.7 Å². The third kappa shape index (κ3) is 54.5. The van der Waals surface area contributed by atoms with Gasteiger partial charge in [0.15, 0.2) is 0 Å². The van der Waals surface area contributed by atoms with Gasteiger partial charge in [-0.3, -0.25) is 14.4 Å². The van der Waals surface area contributed by atoms with Crippen molar-refractivity contribution in [3.8, 4) is 0 Å². The molecule has 0 rings (SSSR count). The number of rotatable bonds is 57. The fraction of sp³-hybridized carbons (Fsp3) is 0.951. The molecule has 0 fully saturated rings. The lowest BCUT2D eigenvalue weighted by atomic mass is 9.92. The van der Waals surface area contributed by atoms with E-state index in [1.807, 2.05) is 14.0 Å². The van der Waals surface area contributed by atoms with E-state index in [-0.39, 0.29) is 132 Å². The molecule has 82 heavy (non-hydrogen) atoms. The molecule has 0 aromatic rings. The summed E-state index contributed by atoms with van der Waals surface area (Å²) in [6.45, 7) is 39.2. The molecule has 0 aliphatic rings. The fourth-order valence-corrected chi connectivity index (χ4v) is 6.96. The smallest absolute Gasteiger partial charge is 0.306 e. The van der Waals surface area contributed by atoms with Gasteiger partial charge in [0.05, 0.1) is 189 Å². The highest BCUT2D eigenvalue weighted by Crippen LogP contribution is 2.24. The van der Waals surface area contributed by atoms with Crippen molar-refractivity contribution in [2.75, 3.05) is 218 Å². The molecule has 1 amide bonds. The average molecular weight is 1190 g/mol. The first-order valence-corrected chi connectivity index (χ1v) is 30.1. The molecule has 0 bridgehead atoms. The van der Waals surface area contributed by atoms with Gasteiger partial charge in [0.1, 0.15) is 13.2 Å². The third-order valence-electron chi connectivity index (χ3n) is 11.6. The molecular weight excluding hydrogens is 1060 g/mol. The highest BCUT2D eigenvalue weighted by Gasteiger charge is 2.34. The number of carbonyl (C=O) groups is 3. The lowest BCUT2D eigenvalue weighted by Crippen LogP contribution is -2.43. The Labute approximate surface area is 496 Å². The van der Waals surface area contributed by atoms with Gasteiger partial charge in [-0.1, -0.05) is 90.0 Å². The van der Waals surface area contributed by atoms with Crippen molar-refractivity contribution >= 4 is 17.8 Å². The van der Waals surface area contributed by atoms with Gasteiger partial charge in [0.2, 0.25) is 5.91 Å². The molecule has 2 unspecified atom stereocenters. The summed E-state index contributed by atoms with van der Waals surface area (Å²) in [6.07, 6.45) is 2.77. The van der Waals surface area contributed by atoms with Gasteiger partial charge in [-0.15, -0.1) is 0 Å². The molecule has 0 aliphatic carbocycles. The van der Waals surface area contributed by atoms with Crippen molar-refractivity contribution in [1.82, 2.24) is 10.6 Å². The first kappa shape index (κ1) is 79.8. The van der Waals surface area contributed by atoms with Crippen LogP contribution in [-0.4, -0.2) is 236 Å². The topological polar surface area (TPSA) is 223 Å². The zero-order valence-corrected chi connectivity index (χ0v) is 54.1. The largest absolute Gasteiger partial charge is 0.463 e. The fourth-order valence-electron chi connectivity index (χ4n) is 6.96. The molecule has 2 N–H and O–H groups in total. The Hall–Kier alpha value is -2.19. The van der Waals surface area contributed by atoms with Gasteiger partial charge < -0.3 is 86.4 Å². The molecule has 0 aliphatic heterocycles. The molecule has 0 saturated carbocycles. The van der Waals surface area contributed by atoms with Crippen LogP contribution < -0.4 is 10.6 Å². The normalized spacial score (nSPS) is 14.0. The van der Waals surface area contributed by atoms with Crippen LogP contribution in [0.1, 0.15) is 129 Å². The minimum atomic E-state index is -0.765. The molecule has 0 spiro atoms. The Bertz CT molecular complexity index is 1520. The minimum Gasteiger partial charge on any atom is -0.463 e. The second-order valence-electron chi connectivity index (χ2n) is 25.9. The molecular formula is C61H120N2O19. The number of esters is 2. The maximum Gasteiger partial charge on any atom is 0.306 e. The van der Waals surface area contributed by atoms with Crippen LogP contribution in [0.2, 0.25) is 0 Å². The zero-order chi connectivity index (χ0) is 61.3. The molecule has 0 radical (unpaired) electrons. The molecule has 2 atom stereocenters. The third-order valence-corrected chi connectivity index (χ3v) is 11.6. The van der Waals surface area contributed by atoms with Gasteiger partial charge in [0, 0.05) is 39.1 Å². The van der Waals surface area contributed by atoms with E-state index >= 15 is 0 Å². The van der Waals surface area contributed by atoms with Crippen LogP contribution in [0.3, 0.4) is 0 Å². The Morgan fingerprint density at radius 1 is 0.305 bits per heavy atom. The monoisotopic (exact) mass is 1180 g/mol. The number of ether oxygens (including phenoxy) is 16. The van der Waals surface area contributed by atoms with Crippen LogP contribution in [0.15, 0.2) is 0 Å². The van der Waals surface area contributed by atoms with Crippen LogP contribution >= 0.6 is 0 Å². The average Bonchev–Trinajstić information content (AvgIpc) is 3.43. The van der Waals surface area contributed by atoms with Crippen molar-refractivity contribution < 1.29 is 90.2 Å². The molecule has 0 aromatic carbocycles. The van der Waals surface area contributed by atoms with Gasteiger partial charge in [0.25, 0.3) is 0 Å². The number of hydrogen-bond donors (Lipinski definition) is 2. The van der Waals surface area contributed by atoms with E-state index in [1.165, 1.54) is 0 Å². The number of nitrogens with one attached hydrogen (secondary N) is 2. The highest BCUT2D eigenvalue weighted by atomic mass is 16.6. The van der Waals surface area contributed by atoms with E-state index in [4.69, 9.17) is 75.8 Å². The van der Waals surface area contributed by atoms with Crippen LogP contribution in [0.5, 0.6) is 0 Å². The van der Waals surface area contributed by atoms with Crippen LogP contribution in [-0.2, 0) is 90.2 Å². The summed E-state index contributed by atoms with van der Waals surface area (Å²) >= 11 is 0. The van der Waals surface area contributed by atoms with E-state index in [1.54, 1.807) is 0 Å². The summed E-state index contributed by atoms with van der Waals surface area (Å²) in [6, 6.07) is 0. The summed E-state index contributed by atoms with van der Waals surface area (Å²) < 4.78 is 94.6. The predicted molar refractivity (Wildman–Crippen MR) is 316 cm³/mol. The summed E-state index contributed by atoms with van der Waals surface area (Å²) in [5, 5.41) is 5.87. The van der Waals surface area contributed by atoms with Gasteiger partial charge in [-0.25, -0.2) is 0 Å². The van der Waals surface area contributed by atoms with E-state index in [9.17, 15) is 14.4 Å². The molecule has 21 nitrogen and oxygen atoms in total. The van der Waals surface area contributed by atoms with E-state index in [0.29, 0.717) is 132 Å². The van der Waals surface area contributed by atoms with Crippen LogP contribution in [0.4, 0.5) is 0 Å². The van der Waals surface area contributed by atoms with Crippen LogP contribution in [0.25, 0.3) is 0 Å². The van der Waals surface area contributed by atoms with Gasteiger partial charge in [-0.05, 0) is 48.0 Å². The molecule has 488 valence electrons. The maximum atomic E-state index is 12.7. The van der Waals surface area contributed by atoms with Crippen molar-refractivity contribution in [3.63, 3.8) is 0 Å². The first-order valence-electron chi connectivity index (χ1n) is 30.1. The lowest BCUT2D eigenvalue weighted by molar-refractivity contribution is -0.150. The molecule has 0 saturated heterocycles. The van der Waals surface area contributed by atoms with Crippen molar-refractivity contribution in [1.29, 1.82) is 0 Å². The van der Waals surface area contributed by atoms with Crippen molar-refractivity contribution in [3.05, 3.63) is 0 Å². The van der Waals surface area contributed by atoms with Gasteiger partial charge >= 0.3 is 11.9 Å². The Kier molecular flexibility index (Phi) is 47.6. The summed E-state index contributed by atoms with van der Waals surface area (Å²) in [7, 11) is 1.88. The van der Waals surface area contributed by atoms with Gasteiger partial charge in [-0.2, -0.15) is 0 Å². The van der Waals surface area contributed by atoms with Crippen molar-refractivity contribution in [2.45, 2.75) is 129 Å². The zero-order valence-electron chi connectivity index (χ0n) is 54.1. The Morgan fingerprint density at radius 2 is 0.585 bits per heavy atom. The minimum absolute atomic E-state index is 0.0215. The van der Waals surface area contributed by atoms with E-state index in [0.717, 1.165) is 19.4 Å². The SMILES string of the molecule is CCCC(=O)OCCOCC(COCCOCCC(C)(C)C)(COCCOCC(C)(C)C)COCCOC(=O)CCC(=O)NCCOCCOCC(COCCOCCNC)(COCCOCCC(C)(C)C)COCCOCC(C)(C)C. The number of hydrogen-bond acceptors (Lipinski definition) is 20. The van der Waals surface area contributed by atoms with Crippen LogP contribution in [0, 0.1) is 32.5 Å². The Morgan fingerprint density at radius 3 is 0.890 bits per heavy atom. The summed E-state index contributed by atoms with van der Waals surface area (Å²) in [4.78, 5) is 37.3. The highest BCUT2D eigenvalue weighted by molar-refractivity contribution is 5.81. The molecule has 21 heteroatoms. The second-order valence-corrected chi connectivity index (χ2v) is 25.9. The molecule has 0 aromatic heterocycles. The predicted octanol–water partition coefficient (Wildman–Crippen LogP) is 7.16. The number of likely N-dealkylation sites (N-methyl/N-ethyl adjacent to an activating group) is 1. The quantitative estimate of drug-likeness (QED) is 0.0455. The Balaban J connectivity index is 5.24. The first-order chi connectivity index (χ1) is 38.8. The van der Waals surface area contributed by atoms with Crippen molar-refractivity contribution in [2.24, 2.45) is 32.5 Å².